The normalized spacial score (nSPS) is 10.9. The van der Waals surface area contributed by atoms with Gasteiger partial charge in [0.2, 0.25) is 0 Å². The third kappa shape index (κ3) is 5.73. The van der Waals surface area contributed by atoms with Crippen LogP contribution in [0.5, 0.6) is 0 Å². The summed E-state index contributed by atoms with van der Waals surface area (Å²) in [4.78, 5) is 36.8. The van der Waals surface area contributed by atoms with Crippen molar-refractivity contribution in [3.8, 4) is 17.4 Å². The van der Waals surface area contributed by atoms with Gasteiger partial charge in [-0.05, 0) is 47.1 Å². The van der Waals surface area contributed by atoms with Crippen LogP contribution < -0.4 is 11.0 Å². The highest BCUT2D eigenvalue weighted by molar-refractivity contribution is 9.10. The minimum atomic E-state index is -0.600. The minimum Gasteiger partial charge on any atom is -0.465 e. The zero-order valence-electron chi connectivity index (χ0n) is 19.4. The largest absolute Gasteiger partial charge is 0.465 e. The van der Waals surface area contributed by atoms with Crippen LogP contribution in [0.25, 0.3) is 11.3 Å². The molecular formula is C24H20BrClN4O6. The van der Waals surface area contributed by atoms with Gasteiger partial charge in [0.1, 0.15) is 29.7 Å². The van der Waals surface area contributed by atoms with Crippen molar-refractivity contribution in [1.82, 2.24) is 9.99 Å². The third-order valence-corrected chi connectivity index (χ3v) is 6.48. The van der Waals surface area contributed by atoms with E-state index in [0.717, 1.165) is 0 Å². The zero-order chi connectivity index (χ0) is 26.4. The van der Waals surface area contributed by atoms with Crippen molar-refractivity contribution in [2.75, 3.05) is 14.2 Å². The van der Waals surface area contributed by atoms with E-state index in [1.54, 1.807) is 31.2 Å². The van der Waals surface area contributed by atoms with E-state index in [-0.39, 0.29) is 29.3 Å². The molecule has 36 heavy (non-hydrogen) atoms. The van der Waals surface area contributed by atoms with Crippen LogP contribution in [0.15, 0.2) is 49.1 Å². The Labute approximate surface area is 219 Å². The quantitative estimate of drug-likeness (QED) is 0.245. The van der Waals surface area contributed by atoms with Gasteiger partial charge in [-0.25, -0.2) is 10.2 Å². The van der Waals surface area contributed by atoms with Gasteiger partial charge in [-0.15, -0.1) is 0 Å². The van der Waals surface area contributed by atoms with E-state index in [2.05, 4.69) is 31.2 Å². The fourth-order valence-electron chi connectivity index (χ4n) is 3.32. The summed E-state index contributed by atoms with van der Waals surface area (Å²) in [6, 6.07) is 9.95. The molecule has 0 aliphatic carbocycles. The van der Waals surface area contributed by atoms with Crippen molar-refractivity contribution in [3.63, 3.8) is 0 Å². The molecule has 0 fully saturated rings. The average molecular weight is 576 g/mol. The Balaban J connectivity index is 1.71. The van der Waals surface area contributed by atoms with Gasteiger partial charge in [0, 0.05) is 28.4 Å². The monoisotopic (exact) mass is 574 g/mol. The van der Waals surface area contributed by atoms with Crippen LogP contribution in [0.1, 0.15) is 32.9 Å². The molecule has 0 bridgehead atoms. The van der Waals surface area contributed by atoms with E-state index in [1.807, 2.05) is 6.07 Å². The fourth-order valence-corrected chi connectivity index (χ4v) is 4.10. The van der Waals surface area contributed by atoms with Crippen LogP contribution in [0.2, 0.25) is 5.02 Å². The number of hydrogen-bond acceptors (Lipinski definition) is 8. The smallest absolute Gasteiger partial charge is 0.339 e. The lowest BCUT2D eigenvalue weighted by Gasteiger charge is -2.15. The van der Waals surface area contributed by atoms with Crippen LogP contribution >= 0.6 is 27.5 Å². The van der Waals surface area contributed by atoms with E-state index in [0.29, 0.717) is 32.8 Å². The molecule has 2 aromatic heterocycles. The van der Waals surface area contributed by atoms with Crippen LogP contribution in [-0.4, -0.2) is 36.9 Å². The number of nitriles is 1. The molecule has 10 nitrogen and oxygen atoms in total. The number of nitrogens with one attached hydrogen (secondary N) is 1. The lowest BCUT2D eigenvalue weighted by Crippen LogP contribution is -2.33. The molecule has 0 aliphatic heterocycles. The SMILES string of the molecule is COCc1c(Br)c(C)n(CC(=O)N/N=C/c2ccc(-c3ccc(C(=O)OC)c(Cl)c3)o2)c(=O)c1C#N. The Morgan fingerprint density at radius 2 is 2.06 bits per heavy atom. The number of amides is 1. The fraction of sp³-hybridized carbons (Fsp3) is 0.208. The second-order valence-electron chi connectivity index (χ2n) is 7.37. The summed E-state index contributed by atoms with van der Waals surface area (Å²) in [5.41, 5.74) is 3.38. The number of benzene rings is 1. The number of furan rings is 1. The number of aromatic nitrogens is 1. The topological polar surface area (TPSA) is 136 Å². The predicted octanol–water partition coefficient (Wildman–Crippen LogP) is 3.79. The van der Waals surface area contributed by atoms with E-state index >= 15 is 0 Å². The lowest BCUT2D eigenvalue weighted by atomic mass is 10.1. The van der Waals surface area contributed by atoms with Gasteiger partial charge in [0.15, 0.2) is 0 Å². The van der Waals surface area contributed by atoms with Gasteiger partial charge in [-0.3, -0.25) is 9.59 Å². The molecule has 0 spiro atoms. The van der Waals surface area contributed by atoms with Crippen molar-refractivity contribution in [1.29, 1.82) is 5.26 Å². The maximum absolute atomic E-state index is 12.7. The number of hydrazone groups is 1. The van der Waals surface area contributed by atoms with E-state index in [1.165, 1.54) is 31.1 Å². The number of halogens is 2. The summed E-state index contributed by atoms with van der Waals surface area (Å²) < 4.78 is 17.1. The second kappa shape index (κ2) is 11.8. The number of carbonyl (C=O) groups is 2. The predicted molar refractivity (Wildman–Crippen MR) is 135 cm³/mol. The number of carbonyl (C=O) groups excluding carboxylic acids is 2. The Bertz CT molecular complexity index is 1450. The first kappa shape index (κ1) is 26.9. The zero-order valence-corrected chi connectivity index (χ0v) is 21.8. The highest BCUT2D eigenvalue weighted by atomic mass is 79.9. The number of hydrogen-bond donors (Lipinski definition) is 1. The number of methoxy groups -OCH3 is 2. The first-order valence-electron chi connectivity index (χ1n) is 10.3. The molecule has 1 N–H and O–H groups in total. The molecular weight excluding hydrogens is 556 g/mol. The van der Waals surface area contributed by atoms with Crippen LogP contribution in [0.3, 0.4) is 0 Å². The number of pyridine rings is 1. The van der Waals surface area contributed by atoms with E-state index < -0.39 is 17.4 Å². The molecule has 186 valence electrons. The Kier molecular flexibility index (Phi) is 8.82. The van der Waals surface area contributed by atoms with Gasteiger partial charge in [0.05, 0.1) is 30.5 Å². The molecule has 12 heteroatoms. The van der Waals surface area contributed by atoms with Crippen molar-refractivity contribution >= 4 is 45.6 Å². The lowest BCUT2D eigenvalue weighted by molar-refractivity contribution is -0.121. The maximum atomic E-state index is 12.7. The van der Waals surface area contributed by atoms with Gasteiger partial charge >= 0.3 is 5.97 Å². The van der Waals surface area contributed by atoms with Crippen molar-refractivity contribution in [2.24, 2.45) is 5.10 Å². The Morgan fingerprint density at radius 3 is 2.69 bits per heavy atom. The highest BCUT2D eigenvalue weighted by Crippen LogP contribution is 2.27. The van der Waals surface area contributed by atoms with E-state index in [4.69, 9.17) is 20.8 Å². The summed E-state index contributed by atoms with van der Waals surface area (Å²) in [5.74, 6) is -0.323. The standard InChI is InChI=1S/C24H20BrClN4O6/c1-13-22(25)18(12-34-2)17(9-27)23(32)30(13)11-21(31)29-28-10-15-5-7-20(36-15)14-4-6-16(19(26)8-14)24(33)35-3/h4-8,10H,11-12H2,1-3H3,(H,29,31)/b28-10+. The first-order valence-corrected chi connectivity index (χ1v) is 11.5. The van der Waals surface area contributed by atoms with E-state index in [9.17, 15) is 19.6 Å². The number of ether oxygens (including phenoxy) is 2. The molecule has 0 unspecified atom stereocenters. The summed E-state index contributed by atoms with van der Waals surface area (Å²) in [6.07, 6.45) is 1.29. The molecule has 0 aliphatic rings. The molecule has 0 atom stereocenters. The van der Waals surface area contributed by atoms with Crippen molar-refractivity contribution in [3.05, 3.63) is 78.3 Å². The highest BCUT2D eigenvalue weighted by Gasteiger charge is 2.19. The number of rotatable bonds is 8. The summed E-state index contributed by atoms with van der Waals surface area (Å²) >= 11 is 9.53. The number of esters is 1. The Morgan fingerprint density at radius 1 is 1.31 bits per heavy atom. The molecule has 3 aromatic rings. The minimum absolute atomic E-state index is 0.0731. The first-order chi connectivity index (χ1) is 17.2. The van der Waals surface area contributed by atoms with Crippen molar-refractivity contribution < 1.29 is 23.5 Å². The molecule has 0 radical (unpaired) electrons. The molecule has 1 amide bonds. The van der Waals surface area contributed by atoms with Gasteiger partial charge in [0.25, 0.3) is 11.5 Å². The summed E-state index contributed by atoms with van der Waals surface area (Å²) in [6.45, 7) is 1.37. The second-order valence-corrected chi connectivity index (χ2v) is 8.57. The number of nitrogens with zero attached hydrogens (tertiary/aromatic N) is 3. The maximum Gasteiger partial charge on any atom is 0.339 e. The summed E-state index contributed by atoms with van der Waals surface area (Å²) in [7, 11) is 2.72. The molecule has 3 rings (SSSR count). The van der Waals surface area contributed by atoms with Gasteiger partial charge in [-0.1, -0.05) is 17.7 Å². The molecule has 0 saturated carbocycles. The van der Waals surface area contributed by atoms with Gasteiger partial charge in [-0.2, -0.15) is 10.4 Å². The molecule has 1 aromatic carbocycles. The van der Waals surface area contributed by atoms with Gasteiger partial charge < -0.3 is 18.5 Å². The molecule has 2 heterocycles. The Hall–Kier alpha value is -3.72. The summed E-state index contributed by atoms with van der Waals surface area (Å²) in [5, 5.41) is 13.5. The third-order valence-electron chi connectivity index (χ3n) is 5.12. The molecule has 0 saturated heterocycles. The van der Waals surface area contributed by atoms with Crippen LogP contribution in [0.4, 0.5) is 0 Å². The average Bonchev–Trinajstić information content (AvgIpc) is 3.34. The van der Waals surface area contributed by atoms with Crippen LogP contribution in [0, 0.1) is 18.3 Å². The van der Waals surface area contributed by atoms with Crippen molar-refractivity contribution in [2.45, 2.75) is 20.1 Å². The van der Waals surface area contributed by atoms with Crippen LogP contribution in [-0.2, 0) is 27.4 Å².